The molecule has 5 heteroatoms. The lowest BCUT2D eigenvalue weighted by Gasteiger charge is -2.04. The van der Waals surface area contributed by atoms with E-state index in [0.717, 1.165) is 27.9 Å². The number of aryl methyl sites for hydroxylation is 3. The number of fused-ring (bicyclic) bond motifs is 1. The van der Waals surface area contributed by atoms with Crippen LogP contribution < -0.4 is 4.80 Å². The molecule has 0 aliphatic rings. The first-order valence-electron chi connectivity index (χ1n) is 7.45. The van der Waals surface area contributed by atoms with Crippen LogP contribution in [-0.2, 0) is 6.54 Å². The summed E-state index contributed by atoms with van der Waals surface area (Å²) in [6.45, 7) is 6.83. The van der Waals surface area contributed by atoms with Gasteiger partial charge >= 0.3 is 0 Å². The van der Waals surface area contributed by atoms with Crippen molar-refractivity contribution >= 4 is 39.1 Å². The smallest absolute Gasteiger partial charge is 0.279 e. The molecule has 0 aliphatic carbocycles. The molecular weight excluding hydrogens is 328 g/mol. The molecular formula is C18H17ClN2OS. The highest BCUT2D eigenvalue weighted by Gasteiger charge is 2.11. The van der Waals surface area contributed by atoms with E-state index in [1.54, 1.807) is 0 Å². The Kier molecular flexibility index (Phi) is 4.37. The topological polar surface area (TPSA) is 34.4 Å². The average molecular weight is 345 g/mol. The van der Waals surface area contributed by atoms with Crippen LogP contribution in [-0.4, -0.2) is 10.5 Å². The molecule has 118 valence electrons. The Hall–Kier alpha value is -1.91. The first-order chi connectivity index (χ1) is 11.0. The molecule has 0 saturated heterocycles. The Balaban J connectivity index is 2.17. The molecule has 0 fully saturated rings. The first-order valence-corrected chi connectivity index (χ1v) is 8.64. The van der Waals surface area contributed by atoms with E-state index in [0.29, 0.717) is 15.4 Å². The number of aromatic nitrogens is 1. The summed E-state index contributed by atoms with van der Waals surface area (Å²) in [5, 5.41) is 0.705. The summed E-state index contributed by atoms with van der Waals surface area (Å²) in [5.41, 5.74) is 3.91. The summed E-state index contributed by atoms with van der Waals surface area (Å²) in [7, 11) is 0. The van der Waals surface area contributed by atoms with Gasteiger partial charge in [-0.05, 0) is 50.6 Å². The molecule has 23 heavy (non-hydrogen) atoms. The SMILES string of the molecule is CCn1c(=NC(=O)c2ccc(C)cc2)sc2cc(Cl)cc(C)c21. The number of carbonyl (C=O) groups is 1. The van der Waals surface area contributed by atoms with Gasteiger partial charge in [0.1, 0.15) is 0 Å². The second-order valence-corrected chi connectivity index (χ2v) is 6.93. The van der Waals surface area contributed by atoms with Gasteiger partial charge in [-0.15, -0.1) is 0 Å². The fraction of sp³-hybridized carbons (Fsp3) is 0.222. The number of thiazole rings is 1. The lowest BCUT2D eigenvalue weighted by atomic mass is 10.1. The monoisotopic (exact) mass is 344 g/mol. The van der Waals surface area contributed by atoms with Gasteiger partial charge in [0.25, 0.3) is 5.91 Å². The highest BCUT2D eigenvalue weighted by Crippen LogP contribution is 2.25. The third-order valence-corrected chi connectivity index (χ3v) is 4.99. The van der Waals surface area contributed by atoms with Crippen LogP contribution >= 0.6 is 22.9 Å². The average Bonchev–Trinajstić information content (AvgIpc) is 2.85. The molecule has 3 rings (SSSR count). The summed E-state index contributed by atoms with van der Waals surface area (Å²) in [6, 6.07) is 11.3. The zero-order valence-corrected chi connectivity index (χ0v) is 14.8. The van der Waals surface area contributed by atoms with E-state index >= 15 is 0 Å². The molecule has 0 atom stereocenters. The van der Waals surface area contributed by atoms with Crippen molar-refractivity contribution in [3.8, 4) is 0 Å². The van der Waals surface area contributed by atoms with Crippen LogP contribution in [0.3, 0.4) is 0 Å². The van der Waals surface area contributed by atoms with Crippen molar-refractivity contribution in [3.63, 3.8) is 0 Å². The molecule has 1 aromatic heterocycles. The second-order valence-electron chi connectivity index (χ2n) is 5.48. The number of carbonyl (C=O) groups excluding carboxylic acids is 1. The van der Waals surface area contributed by atoms with Gasteiger partial charge in [0.15, 0.2) is 4.80 Å². The van der Waals surface area contributed by atoms with E-state index in [-0.39, 0.29) is 5.91 Å². The van der Waals surface area contributed by atoms with Crippen LogP contribution in [0.5, 0.6) is 0 Å². The Bertz CT molecular complexity index is 952. The number of halogens is 1. The van der Waals surface area contributed by atoms with E-state index in [1.165, 1.54) is 11.3 Å². The zero-order chi connectivity index (χ0) is 16.6. The summed E-state index contributed by atoms with van der Waals surface area (Å²) < 4.78 is 3.12. The van der Waals surface area contributed by atoms with Crippen LogP contribution in [0.25, 0.3) is 10.2 Å². The lowest BCUT2D eigenvalue weighted by Crippen LogP contribution is -2.16. The fourth-order valence-corrected chi connectivity index (χ4v) is 4.15. The number of amides is 1. The van der Waals surface area contributed by atoms with E-state index in [2.05, 4.69) is 16.5 Å². The van der Waals surface area contributed by atoms with Gasteiger partial charge < -0.3 is 4.57 Å². The van der Waals surface area contributed by atoms with Crippen LogP contribution in [0.4, 0.5) is 0 Å². The summed E-state index contributed by atoms with van der Waals surface area (Å²) >= 11 is 7.64. The van der Waals surface area contributed by atoms with Crippen molar-refractivity contribution in [2.75, 3.05) is 0 Å². The minimum absolute atomic E-state index is 0.220. The number of rotatable bonds is 2. The minimum atomic E-state index is -0.220. The molecule has 3 nitrogen and oxygen atoms in total. The maximum absolute atomic E-state index is 12.4. The van der Waals surface area contributed by atoms with Crippen molar-refractivity contribution in [2.45, 2.75) is 27.3 Å². The summed E-state index contributed by atoms with van der Waals surface area (Å²) in [5.74, 6) is -0.220. The molecule has 0 radical (unpaired) electrons. The zero-order valence-electron chi connectivity index (χ0n) is 13.3. The van der Waals surface area contributed by atoms with Crippen molar-refractivity contribution in [1.29, 1.82) is 0 Å². The van der Waals surface area contributed by atoms with Gasteiger partial charge in [-0.25, -0.2) is 0 Å². The summed E-state index contributed by atoms with van der Waals surface area (Å²) in [4.78, 5) is 17.5. The third kappa shape index (κ3) is 3.09. The van der Waals surface area contributed by atoms with Gasteiger partial charge in [-0.1, -0.05) is 40.6 Å². The quantitative estimate of drug-likeness (QED) is 0.661. The molecule has 0 N–H and O–H groups in total. The highest BCUT2D eigenvalue weighted by molar-refractivity contribution is 7.16. The molecule has 0 bridgehead atoms. The fourth-order valence-electron chi connectivity index (χ4n) is 2.60. The molecule has 0 saturated carbocycles. The molecule has 2 aromatic carbocycles. The number of hydrogen-bond donors (Lipinski definition) is 0. The molecule has 0 spiro atoms. The highest BCUT2D eigenvalue weighted by atomic mass is 35.5. The van der Waals surface area contributed by atoms with Gasteiger partial charge in [-0.3, -0.25) is 4.79 Å². The van der Waals surface area contributed by atoms with Crippen LogP contribution in [0, 0.1) is 13.8 Å². The standard InChI is InChI=1S/C18H17ClN2OS/c1-4-21-16-12(3)9-14(19)10-15(16)23-18(21)20-17(22)13-7-5-11(2)6-8-13/h5-10H,4H2,1-3H3. The molecule has 0 unspecified atom stereocenters. The Morgan fingerprint density at radius 1 is 1.22 bits per heavy atom. The van der Waals surface area contributed by atoms with E-state index in [4.69, 9.17) is 11.6 Å². The largest absolute Gasteiger partial charge is 0.316 e. The van der Waals surface area contributed by atoms with Crippen molar-refractivity contribution in [3.05, 3.63) is 62.9 Å². The van der Waals surface area contributed by atoms with E-state index < -0.39 is 0 Å². The lowest BCUT2D eigenvalue weighted by molar-refractivity contribution is 0.0998. The van der Waals surface area contributed by atoms with Crippen LogP contribution in [0.15, 0.2) is 41.4 Å². The van der Waals surface area contributed by atoms with Gasteiger partial charge in [0.05, 0.1) is 10.2 Å². The predicted octanol–water partition coefficient (Wildman–Crippen LogP) is 4.73. The predicted molar refractivity (Wildman–Crippen MR) is 96.3 cm³/mol. The van der Waals surface area contributed by atoms with Crippen LogP contribution in [0.2, 0.25) is 5.02 Å². The van der Waals surface area contributed by atoms with Crippen molar-refractivity contribution < 1.29 is 4.79 Å². The first kappa shape index (κ1) is 16.0. The van der Waals surface area contributed by atoms with E-state index in [1.807, 2.05) is 50.2 Å². The molecule has 1 heterocycles. The number of nitrogens with zero attached hydrogens (tertiary/aromatic N) is 2. The normalized spacial score (nSPS) is 12.1. The number of benzene rings is 2. The Morgan fingerprint density at radius 2 is 1.91 bits per heavy atom. The second kappa shape index (κ2) is 6.30. The van der Waals surface area contributed by atoms with Crippen molar-refractivity contribution in [1.82, 2.24) is 4.57 Å². The minimum Gasteiger partial charge on any atom is -0.316 e. The maximum Gasteiger partial charge on any atom is 0.279 e. The molecule has 1 amide bonds. The van der Waals surface area contributed by atoms with Gasteiger partial charge in [0.2, 0.25) is 0 Å². The van der Waals surface area contributed by atoms with E-state index in [9.17, 15) is 4.79 Å². The Labute approximate surface area is 143 Å². The maximum atomic E-state index is 12.4. The molecule has 3 aromatic rings. The third-order valence-electron chi connectivity index (χ3n) is 3.74. The number of hydrogen-bond acceptors (Lipinski definition) is 2. The van der Waals surface area contributed by atoms with Gasteiger partial charge in [0, 0.05) is 17.1 Å². The summed E-state index contributed by atoms with van der Waals surface area (Å²) in [6.07, 6.45) is 0. The van der Waals surface area contributed by atoms with Crippen LogP contribution in [0.1, 0.15) is 28.4 Å². The molecule has 0 aliphatic heterocycles. The van der Waals surface area contributed by atoms with Crippen molar-refractivity contribution in [2.24, 2.45) is 4.99 Å². The van der Waals surface area contributed by atoms with Gasteiger partial charge in [-0.2, -0.15) is 4.99 Å². The Morgan fingerprint density at radius 3 is 2.57 bits per heavy atom.